The van der Waals surface area contributed by atoms with E-state index in [0.717, 1.165) is 54.2 Å². The van der Waals surface area contributed by atoms with Crippen LogP contribution in [0.2, 0.25) is 5.02 Å². The fourth-order valence-electron chi connectivity index (χ4n) is 5.81. The number of nitrogens with zero attached hydrogens (tertiary/aromatic N) is 3. The summed E-state index contributed by atoms with van der Waals surface area (Å²) in [6.45, 7) is 1.99. The lowest BCUT2D eigenvalue weighted by Gasteiger charge is -2.34. The van der Waals surface area contributed by atoms with Gasteiger partial charge in [0, 0.05) is 46.2 Å². The van der Waals surface area contributed by atoms with Crippen molar-refractivity contribution in [3.63, 3.8) is 0 Å². The average molecular weight is 464 g/mol. The van der Waals surface area contributed by atoms with Gasteiger partial charge in [-0.2, -0.15) is 5.26 Å². The van der Waals surface area contributed by atoms with Crippen LogP contribution in [0.3, 0.4) is 0 Å². The Labute approximate surface area is 205 Å². The molecule has 168 valence electrons. The molecule has 1 aliphatic carbocycles. The van der Waals surface area contributed by atoms with E-state index >= 15 is 0 Å². The second kappa shape index (κ2) is 8.78. The zero-order valence-corrected chi connectivity index (χ0v) is 19.9. The maximum absolute atomic E-state index is 9.83. The lowest BCUT2D eigenvalue weighted by Crippen LogP contribution is -2.29. The first-order valence-corrected chi connectivity index (χ1v) is 12.6. The average Bonchev–Trinajstić information content (AvgIpc) is 2.88. The molecule has 1 saturated heterocycles. The van der Waals surface area contributed by atoms with Gasteiger partial charge in [-0.25, -0.2) is 0 Å². The molecule has 3 aromatic carbocycles. The minimum atomic E-state index is 0.730. The molecule has 6 rings (SSSR count). The number of aromatic nitrogens is 1. The van der Waals surface area contributed by atoms with Crippen LogP contribution in [-0.4, -0.2) is 23.0 Å². The van der Waals surface area contributed by atoms with Crippen LogP contribution in [0.15, 0.2) is 60.7 Å². The number of halogens is 1. The third kappa shape index (κ3) is 3.54. The quantitative estimate of drug-likeness (QED) is 0.232. The molecule has 0 amide bonds. The number of nitriles is 1. The van der Waals surface area contributed by atoms with E-state index in [2.05, 4.69) is 53.4 Å². The van der Waals surface area contributed by atoms with E-state index in [1.54, 1.807) is 6.08 Å². The van der Waals surface area contributed by atoms with E-state index in [0.29, 0.717) is 0 Å². The highest BCUT2D eigenvalue weighted by Crippen LogP contribution is 2.44. The third-order valence-electron chi connectivity index (χ3n) is 7.32. The Morgan fingerprint density at radius 2 is 1.74 bits per heavy atom. The molecule has 0 radical (unpaired) electrons. The first kappa shape index (κ1) is 21.2. The van der Waals surface area contributed by atoms with Crippen LogP contribution in [0.1, 0.15) is 42.5 Å². The third-order valence-corrected chi connectivity index (χ3v) is 7.57. The molecule has 2 heterocycles. The maximum Gasteiger partial charge on any atom is 0.0934 e. The molecule has 3 nitrogen and oxygen atoms in total. The van der Waals surface area contributed by atoms with Crippen LogP contribution < -0.4 is 0 Å². The topological polar surface area (TPSA) is 39.9 Å². The molecule has 2 aliphatic rings. The predicted molar refractivity (Wildman–Crippen MR) is 141 cm³/mol. The van der Waals surface area contributed by atoms with Gasteiger partial charge in [0.05, 0.1) is 17.3 Å². The van der Waals surface area contributed by atoms with Gasteiger partial charge in [0.2, 0.25) is 0 Å². The summed E-state index contributed by atoms with van der Waals surface area (Å²) in [5.74, 6) is 0. The number of para-hydroxylation sites is 1. The maximum atomic E-state index is 9.83. The van der Waals surface area contributed by atoms with E-state index < -0.39 is 0 Å². The molecular weight excluding hydrogens is 438 g/mol. The predicted octanol–water partition coefficient (Wildman–Crippen LogP) is 7.55. The molecule has 34 heavy (non-hydrogen) atoms. The number of hydrogen-bond acceptors (Lipinski definition) is 3. The van der Waals surface area contributed by atoms with Crippen molar-refractivity contribution in [3.05, 3.63) is 82.5 Å². The molecule has 0 spiro atoms. The monoisotopic (exact) mass is 463 g/mol. The number of fused-ring (bicyclic) bond motifs is 2. The number of benzene rings is 3. The number of rotatable bonds is 3. The Morgan fingerprint density at radius 3 is 2.53 bits per heavy atom. The lowest BCUT2D eigenvalue weighted by atomic mass is 9.81. The molecular formula is C30H26ClN3. The minimum Gasteiger partial charge on any atom is -0.370 e. The van der Waals surface area contributed by atoms with Crippen LogP contribution in [0.25, 0.3) is 38.5 Å². The summed E-state index contributed by atoms with van der Waals surface area (Å²) in [4.78, 5) is 7.51. The molecule has 1 aliphatic heterocycles. The van der Waals surface area contributed by atoms with Gasteiger partial charge in [-0.15, -0.1) is 0 Å². The summed E-state index contributed by atoms with van der Waals surface area (Å²) in [6, 6.07) is 21.3. The number of allylic oxidation sites excluding steroid dienone is 1. The molecule has 4 aromatic rings. The number of pyridine rings is 1. The van der Waals surface area contributed by atoms with Crippen LogP contribution in [0, 0.1) is 11.3 Å². The first-order chi connectivity index (χ1) is 16.7. The second-order valence-corrected chi connectivity index (χ2v) is 9.78. The Hall–Kier alpha value is -3.35. The van der Waals surface area contributed by atoms with Crippen molar-refractivity contribution < 1.29 is 0 Å². The number of hydrogen-bond donors (Lipinski definition) is 0. The number of aryl methyl sites for hydroxylation is 2. The van der Waals surface area contributed by atoms with Gasteiger partial charge >= 0.3 is 0 Å². The lowest BCUT2D eigenvalue weighted by molar-refractivity contribution is 0.326. The smallest absolute Gasteiger partial charge is 0.0934 e. The summed E-state index contributed by atoms with van der Waals surface area (Å²) < 4.78 is 0. The van der Waals surface area contributed by atoms with E-state index in [1.807, 2.05) is 12.1 Å². The fourth-order valence-corrected chi connectivity index (χ4v) is 5.94. The van der Waals surface area contributed by atoms with Crippen molar-refractivity contribution in [2.45, 2.75) is 38.5 Å². The van der Waals surface area contributed by atoms with E-state index in [4.69, 9.17) is 16.6 Å². The van der Waals surface area contributed by atoms with Crippen LogP contribution in [0.4, 0.5) is 0 Å². The zero-order chi connectivity index (χ0) is 23.1. The van der Waals surface area contributed by atoms with Crippen LogP contribution in [0.5, 0.6) is 0 Å². The zero-order valence-electron chi connectivity index (χ0n) is 19.1. The normalized spacial score (nSPS) is 16.1. The minimum absolute atomic E-state index is 0.730. The van der Waals surface area contributed by atoms with Gasteiger partial charge in [0.25, 0.3) is 0 Å². The SMILES string of the molecule is N#C/C=C(/c1c(-c2ccc(Cl)cc2)cc2c3c(nc4ccccc42)CCCc13)N1CCCCC1. The van der Waals surface area contributed by atoms with Gasteiger partial charge in [0.15, 0.2) is 0 Å². The molecule has 1 aromatic heterocycles. The number of piperidine rings is 1. The Kier molecular flexibility index (Phi) is 5.47. The van der Waals surface area contributed by atoms with Crippen molar-refractivity contribution in [1.82, 2.24) is 9.88 Å². The summed E-state index contributed by atoms with van der Waals surface area (Å²) >= 11 is 6.26. The molecule has 4 heteroatoms. The standard InChI is InChI=1S/C30H26ClN3/c31-21-13-11-20(12-14-21)24-19-25-22-7-2-3-9-26(22)33-27-10-6-8-23(29(25)27)30(24)28(15-16-32)34-17-4-1-5-18-34/h2-3,7,9,11-15,19H,1,4-6,8,10,17-18H2/b28-15-. The molecule has 0 saturated carbocycles. The molecule has 0 unspecified atom stereocenters. The van der Waals surface area contributed by atoms with E-state index in [-0.39, 0.29) is 0 Å². The van der Waals surface area contributed by atoms with Crippen LogP contribution in [-0.2, 0) is 12.8 Å². The summed E-state index contributed by atoms with van der Waals surface area (Å²) in [6.07, 6.45) is 8.42. The van der Waals surface area contributed by atoms with Crippen molar-refractivity contribution in [3.8, 4) is 17.2 Å². The highest BCUT2D eigenvalue weighted by molar-refractivity contribution is 6.30. The summed E-state index contributed by atoms with van der Waals surface area (Å²) in [7, 11) is 0. The van der Waals surface area contributed by atoms with Crippen molar-refractivity contribution in [2.75, 3.05) is 13.1 Å². The van der Waals surface area contributed by atoms with Gasteiger partial charge < -0.3 is 4.90 Å². The Balaban J connectivity index is 1.74. The van der Waals surface area contributed by atoms with Gasteiger partial charge in [-0.05, 0) is 84.9 Å². The van der Waals surface area contributed by atoms with E-state index in [1.165, 1.54) is 57.8 Å². The first-order valence-electron chi connectivity index (χ1n) is 12.2. The van der Waals surface area contributed by atoms with Gasteiger partial charge in [-0.3, -0.25) is 4.98 Å². The molecule has 0 atom stereocenters. The van der Waals surface area contributed by atoms with Crippen molar-refractivity contribution in [1.29, 1.82) is 5.26 Å². The highest BCUT2D eigenvalue weighted by atomic mass is 35.5. The molecule has 1 fully saturated rings. The van der Waals surface area contributed by atoms with Gasteiger partial charge in [0.1, 0.15) is 0 Å². The Morgan fingerprint density at radius 1 is 0.941 bits per heavy atom. The summed E-state index contributed by atoms with van der Waals surface area (Å²) in [5, 5.41) is 14.3. The largest absolute Gasteiger partial charge is 0.370 e. The van der Waals surface area contributed by atoms with E-state index in [9.17, 15) is 5.26 Å². The molecule has 0 N–H and O–H groups in total. The fraction of sp³-hybridized carbons (Fsp3) is 0.267. The second-order valence-electron chi connectivity index (χ2n) is 9.34. The summed E-state index contributed by atoms with van der Waals surface area (Å²) in [5.41, 5.74) is 8.16. The van der Waals surface area contributed by atoms with Crippen LogP contribution >= 0.6 is 11.6 Å². The Bertz CT molecular complexity index is 1470. The van der Waals surface area contributed by atoms with Crippen molar-refractivity contribution >= 4 is 39.0 Å². The highest BCUT2D eigenvalue weighted by Gasteiger charge is 2.27. The number of likely N-dealkylation sites (tertiary alicyclic amines) is 1. The van der Waals surface area contributed by atoms with Crippen molar-refractivity contribution in [2.24, 2.45) is 0 Å². The molecule has 0 bridgehead atoms. The van der Waals surface area contributed by atoms with Gasteiger partial charge in [-0.1, -0.05) is 41.9 Å².